The fourth-order valence-electron chi connectivity index (χ4n) is 2.34. The van der Waals surface area contributed by atoms with Gasteiger partial charge in [-0.15, -0.1) is 0 Å². The Balaban J connectivity index is 2.95. The van der Waals surface area contributed by atoms with Gasteiger partial charge in [0.1, 0.15) is 17.4 Å². The smallest absolute Gasteiger partial charge is 0.408 e. The zero-order chi connectivity index (χ0) is 20.6. The van der Waals surface area contributed by atoms with Gasteiger partial charge in [-0.25, -0.2) is 4.79 Å². The molecule has 0 aliphatic rings. The van der Waals surface area contributed by atoms with E-state index in [1.165, 1.54) is 0 Å². The monoisotopic (exact) mass is 602 g/mol. The first-order valence-electron chi connectivity index (χ1n) is 9.00. The Labute approximate surface area is 188 Å². The normalized spacial score (nSPS) is 12.4. The third kappa shape index (κ3) is 8.84. The molecule has 0 radical (unpaired) electrons. The molecule has 1 rings (SSSR count). The van der Waals surface area contributed by atoms with Crippen molar-refractivity contribution >= 4 is 57.2 Å². The van der Waals surface area contributed by atoms with Gasteiger partial charge in [0.05, 0.1) is 7.14 Å². The number of halogens is 2. The molecule has 0 heterocycles. The van der Waals surface area contributed by atoms with E-state index in [1.54, 1.807) is 32.9 Å². The number of hydrogen-bond donors (Lipinski definition) is 3. The molecule has 27 heavy (non-hydrogen) atoms. The number of hydrogen-bond acceptors (Lipinski definition) is 4. The first kappa shape index (κ1) is 24.3. The molecular weight excluding hydrogens is 574 g/mol. The van der Waals surface area contributed by atoms with Gasteiger partial charge < -0.3 is 20.5 Å². The Hall–Kier alpha value is -0.780. The maximum Gasteiger partial charge on any atom is 0.408 e. The Morgan fingerprint density at radius 2 is 1.74 bits per heavy atom. The highest BCUT2D eigenvalue weighted by molar-refractivity contribution is 14.1. The maximum absolute atomic E-state index is 12.7. The van der Waals surface area contributed by atoms with Crippen molar-refractivity contribution in [3.63, 3.8) is 0 Å². The first-order valence-corrected chi connectivity index (χ1v) is 11.2. The average Bonchev–Trinajstić information content (AvgIpc) is 2.55. The molecule has 1 unspecified atom stereocenters. The summed E-state index contributed by atoms with van der Waals surface area (Å²) in [4.78, 5) is 25.0. The van der Waals surface area contributed by atoms with Crippen LogP contribution in [0.2, 0.25) is 0 Å². The van der Waals surface area contributed by atoms with Crippen LogP contribution in [-0.2, 0) is 9.53 Å². The minimum atomic E-state index is -0.895. The molecule has 0 aliphatic heterocycles. The highest BCUT2D eigenvalue weighted by Crippen LogP contribution is 2.30. The number of carbonyl (C=O) groups excluding carboxylic acids is 2. The SMILES string of the molecule is CCCCCCNC(=O)C(NC(=O)OC(C)(C)C)c1cc(I)c(O)c(I)c1. The molecule has 0 bridgehead atoms. The van der Waals surface area contributed by atoms with E-state index in [9.17, 15) is 14.7 Å². The number of rotatable bonds is 8. The Morgan fingerprint density at radius 3 is 2.26 bits per heavy atom. The fourth-order valence-corrected chi connectivity index (χ4v) is 4.16. The molecule has 1 aromatic carbocycles. The summed E-state index contributed by atoms with van der Waals surface area (Å²) < 4.78 is 6.52. The lowest BCUT2D eigenvalue weighted by molar-refractivity contribution is -0.123. The Morgan fingerprint density at radius 1 is 1.15 bits per heavy atom. The van der Waals surface area contributed by atoms with E-state index in [4.69, 9.17) is 4.74 Å². The van der Waals surface area contributed by atoms with Crippen molar-refractivity contribution in [2.24, 2.45) is 0 Å². The third-order valence-corrected chi connectivity index (χ3v) is 5.27. The molecular formula is C19H28I2N2O4. The van der Waals surface area contributed by atoms with Crippen LogP contribution in [0.3, 0.4) is 0 Å². The molecule has 3 N–H and O–H groups in total. The summed E-state index contributed by atoms with van der Waals surface area (Å²) in [6.07, 6.45) is 3.54. The van der Waals surface area contributed by atoms with Crippen molar-refractivity contribution in [3.05, 3.63) is 24.8 Å². The van der Waals surface area contributed by atoms with Gasteiger partial charge in [-0.1, -0.05) is 26.2 Å². The van der Waals surface area contributed by atoms with Gasteiger partial charge in [-0.05, 0) is 90.1 Å². The van der Waals surface area contributed by atoms with Crippen molar-refractivity contribution in [2.45, 2.75) is 65.0 Å². The summed E-state index contributed by atoms with van der Waals surface area (Å²) in [6.45, 7) is 7.98. The number of phenols is 1. The lowest BCUT2D eigenvalue weighted by Crippen LogP contribution is -2.42. The Kier molecular flexibility index (Phi) is 10.1. The topological polar surface area (TPSA) is 87.7 Å². The molecule has 6 nitrogen and oxygen atoms in total. The minimum Gasteiger partial charge on any atom is -0.506 e. The van der Waals surface area contributed by atoms with Gasteiger partial charge in [-0.3, -0.25) is 4.79 Å². The predicted molar refractivity (Wildman–Crippen MR) is 123 cm³/mol. The lowest BCUT2D eigenvalue weighted by atomic mass is 10.1. The average molecular weight is 602 g/mol. The van der Waals surface area contributed by atoms with Crippen LogP contribution in [-0.4, -0.2) is 29.3 Å². The molecule has 0 saturated heterocycles. The van der Waals surface area contributed by atoms with Crippen LogP contribution in [0.5, 0.6) is 5.75 Å². The van der Waals surface area contributed by atoms with Crippen LogP contribution in [0.1, 0.15) is 65.0 Å². The second kappa shape index (κ2) is 11.3. The summed E-state index contributed by atoms with van der Waals surface area (Å²) in [5, 5.41) is 15.5. The van der Waals surface area contributed by atoms with Crippen LogP contribution >= 0.6 is 45.2 Å². The van der Waals surface area contributed by atoms with Crippen LogP contribution in [0.25, 0.3) is 0 Å². The van der Waals surface area contributed by atoms with Crippen LogP contribution in [0.15, 0.2) is 12.1 Å². The number of alkyl carbamates (subject to hydrolysis) is 1. The van der Waals surface area contributed by atoms with Crippen molar-refractivity contribution in [3.8, 4) is 5.75 Å². The summed E-state index contributed by atoms with van der Waals surface area (Å²) in [6, 6.07) is 2.49. The Bertz CT molecular complexity index is 637. The number of carbonyl (C=O) groups is 2. The van der Waals surface area contributed by atoms with E-state index in [-0.39, 0.29) is 11.7 Å². The number of aromatic hydroxyl groups is 1. The number of amides is 2. The molecule has 152 valence electrons. The maximum atomic E-state index is 12.7. The molecule has 0 aliphatic carbocycles. The molecule has 0 spiro atoms. The molecule has 1 atom stereocenters. The van der Waals surface area contributed by atoms with Crippen molar-refractivity contribution in [1.29, 1.82) is 0 Å². The molecule has 1 aromatic rings. The first-order chi connectivity index (χ1) is 12.5. The zero-order valence-electron chi connectivity index (χ0n) is 16.2. The van der Waals surface area contributed by atoms with Gasteiger partial charge in [0, 0.05) is 6.54 Å². The van der Waals surface area contributed by atoms with E-state index in [1.807, 2.05) is 45.2 Å². The van der Waals surface area contributed by atoms with Crippen LogP contribution < -0.4 is 10.6 Å². The second-order valence-corrected chi connectivity index (χ2v) is 9.59. The van der Waals surface area contributed by atoms with Crippen molar-refractivity contribution in [1.82, 2.24) is 10.6 Å². The number of benzene rings is 1. The van der Waals surface area contributed by atoms with Gasteiger partial charge in [0.15, 0.2) is 0 Å². The van der Waals surface area contributed by atoms with Gasteiger partial charge in [0.25, 0.3) is 0 Å². The number of nitrogens with one attached hydrogen (secondary N) is 2. The summed E-state index contributed by atoms with van der Waals surface area (Å²) in [7, 11) is 0. The summed E-state index contributed by atoms with van der Waals surface area (Å²) >= 11 is 4.00. The predicted octanol–water partition coefficient (Wildman–Crippen LogP) is 4.86. The molecule has 0 saturated carbocycles. The largest absolute Gasteiger partial charge is 0.506 e. The van der Waals surface area contributed by atoms with Gasteiger partial charge in [-0.2, -0.15) is 0 Å². The fraction of sp³-hybridized carbons (Fsp3) is 0.579. The molecule has 8 heteroatoms. The molecule has 2 amide bonds. The van der Waals surface area contributed by atoms with Crippen LogP contribution in [0, 0.1) is 7.14 Å². The van der Waals surface area contributed by atoms with E-state index in [2.05, 4.69) is 17.6 Å². The van der Waals surface area contributed by atoms with Crippen molar-refractivity contribution in [2.75, 3.05) is 6.54 Å². The van der Waals surface area contributed by atoms with Gasteiger partial charge in [0.2, 0.25) is 5.91 Å². The number of unbranched alkanes of at least 4 members (excludes halogenated alkanes) is 3. The highest BCUT2D eigenvalue weighted by Gasteiger charge is 2.27. The number of phenolic OH excluding ortho intramolecular Hbond substituents is 1. The summed E-state index contributed by atoms with van der Waals surface area (Å²) in [5.41, 5.74) is -0.0678. The van der Waals surface area contributed by atoms with Crippen LogP contribution in [0.4, 0.5) is 4.79 Å². The quantitative estimate of drug-likeness (QED) is 0.293. The third-order valence-electron chi connectivity index (χ3n) is 3.63. The second-order valence-electron chi connectivity index (χ2n) is 7.26. The molecule has 0 aromatic heterocycles. The minimum absolute atomic E-state index is 0.163. The van der Waals surface area contributed by atoms with E-state index in [0.29, 0.717) is 19.2 Å². The highest BCUT2D eigenvalue weighted by atomic mass is 127. The number of ether oxygens (including phenoxy) is 1. The van der Waals surface area contributed by atoms with Gasteiger partial charge >= 0.3 is 6.09 Å². The molecule has 0 fully saturated rings. The summed E-state index contributed by atoms with van der Waals surface area (Å²) in [5.74, 6) is -0.134. The lowest BCUT2D eigenvalue weighted by Gasteiger charge is -2.24. The van der Waals surface area contributed by atoms with Crippen molar-refractivity contribution < 1.29 is 19.4 Å². The van der Waals surface area contributed by atoms with E-state index < -0.39 is 17.7 Å². The van der Waals surface area contributed by atoms with E-state index >= 15 is 0 Å². The van der Waals surface area contributed by atoms with E-state index in [0.717, 1.165) is 25.7 Å². The zero-order valence-corrected chi connectivity index (χ0v) is 20.5. The standard InChI is InChI=1S/C19H28I2N2O4/c1-5-6-7-8-9-22-17(25)15(23-18(26)27-19(2,3)4)12-10-13(20)16(24)14(21)11-12/h10-11,15,24H,5-9H2,1-4H3,(H,22,25)(H,23,26).